The molecule has 362 valence electrons. The first kappa shape index (κ1) is 47.3. The van der Waals surface area contributed by atoms with E-state index in [1.54, 1.807) is 52.5 Å². The number of H-pyrrole nitrogens is 1. The number of morpholine rings is 1. The van der Waals surface area contributed by atoms with Gasteiger partial charge in [-0.1, -0.05) is 24.3 Å². The van der Waals surface area contributed by atoms with Crippen LogP contribution in [-0.2, 0) is 27.3 Å². The van der Waals surface area contributed by atoms with E-state index < -0.39 is 11.7 Å². The van der Waals surface area contributed by atoms with Crippen LogP contribution in [0, 0.1) is 11.7 Å². The third-order valence-electron chi connectivity index (χ3n) is 13.5. The van der Waals surface area contributed by atoms with Gasteiger partial charge in [0.05, 0.1) is 66.2 Å². The van der Waals surface area contributed by atoms with Crippen LogP contribution in [-0.4, -0.2) is 185 Å². The molecule has 19 nitrogen and oxygen atoms in total. The zero-order valence-electron chi connectivity index (χ0n) is 38.7. The van der Waals surface area contributed by atoms with E-state index in [-0.39, 0.29) is 41.1 Å². The summed E-state index contributed by atoms with van der Waals surface area (Å²) in [5.41, 5.74) is 3.18. The summed E-state index contributed by atoms with van der Waals surface area (Å²) in [6, 6.07) is 15.2. The van der Waals surface area contributed by atoms with Crippen LogP contribution in [0.4, 0.5) is 15.8 Å². The van der Waals surface area contributed by atoms with Gasteiger partial charge in [-0.05, 0) is 54.7 Å². The van der Waals surface area contributed by atoms with Crippen molar-refractivity contribution >= 4 is 45.8 Å². The molecule has 0 spiro atoms. The normalized spacial score (nSPS) is 17.6. The third kappa shape index (κ3) is 11.8. The average Bonchev–Trinajstić information content (AvgIpc) is 3.39. The Morgan fingerprint density at radius 1 is 0.783 bits per heavy atom. The quantitative estimate of drug-likeness (QED) is 0.146. The minimum atomic E-state index is -0.612. The van der Waals surface area contributed by atoms with Gasteiger partial charge in [-0.25, -0.2) is 24.4 Å². The summed E-state index contributed by atoms with van der Waals surface area (Å²) in [5, 5.41) is 14.0. The van der Waals surface area contributed by atoms with Crippen molar-refractivity contribution in [1.29, 1.82) is 0 Å². The second-order valence-corrected chi connectivity index (χ2v) is 18.1. The Morgan fingerprint density at radius 2 is 1.51 bits per heavy atom. The van der Waals surface area contributed by atoms with Gasteiger partial charge in [0.25, 0.3) is 17.4 Å². The highest BCUT2D eigenvalue weighted by molar-refractivity contribution is 6.03. The molecule has 4 fully saturated rings. The Hall–Kier alpha value is -6.74. The summed E-state index contributed by atoms with van der Waals surface area (Å²) in [5.74, 6) is -1.09. The van der Waals surface area contributed by atoms with Crippen LogP contribution in [0.2, 0.25) is 0 Å². The van der Waals surface area contributed by atoms with E-state index in [2.05, 4.69) is 50.5 Å². The largest absolute Gasteiger partial charge is 0.378 e. The number of likely N-dealkylation sites (tertiary alicyclic amines) is 1. The van der Waals surface area contributed by atoms with Gasteiger partial charge in [0.2, 0.25) is 11.8 Å². The Kier molecular flexibility index (Phi) is 15.2. The van der Waals surface area contributed by atoms with Crippen molar-refractivity contribution in [2.45, 2.75) is 25.8 Å². The van der Waals surface area contributed by atoms with Gasteiger partial charge in [-0.15, -0.1) is 0 Å². The minimum absolute atomic E-state index is 0.0181. The topological polar surface area (TPSA) is 205 Å². The fourth-order valence-corrected chi connectivity index (χ4v) is 9.57. The van der Waals surface area contributed by atoms with Crippen LogP contribution in [0.5, 0.6) is 0 Å². The SMILES string of the molecule is O=C(CNCc1ccncn1)Nc1cc(N2CCOCC2)cnc1C(=O)N1CCC(CN2CCN(CC(=O)N3CCN(C(=O)c4cc(Cc5n[nH]c(=O)c6ccccc56)ccc4F)CC3)CC2)CC1. The molecule has 4 amide bonds. The molecular weight excluding hydrogens is 886 g/mol. The lowest BCUT2D eigenvalue weighted by Gasteiger charge is -2.40. The highest BCUT2D eigenvalue weighted by Crippen LogP contribution is 2.27. The zero-order valence-corrected chi connectivity index (χ0v) is 38.7. The Labute approximate surface area is 399 Å². The molecule has 7 heterocycles. The van der Waals surface area contributed by atoms with Gasteiger partial charge >= 0.3 is 0 Å². The standard InChI is InChI=1S/C49H58FN13O6/c50-41-6-5-35(26-42-38-3-1-2-4-39(38)47(66)57-56-42)25-40(41)48(67)63-19-17-61(18-20-63)45(65)32-59-15-13-58(14-16-59)31-34-8-11-62(12-9-34)49(68)46-43(27-37(29-53-46)60-21-23-69-24-22-60)55-44(64)30-52-28-36-7-10-51-33-54-36/h1-7,10,25,27,29,33-34,52H,8-9,11-24,26,28,30-32H2,(H,55,64)(H,57,66). The van der Waals surface area contributed by atoms with Gasteiger partial charge in [0.15, 0.2) is 5.69 Å². The molecule has 4 saturated heterocycles. The number of fused-ring (bicyclic) bond motifs is 1. The van der Waals surface area contributed by atoms with Crippen molar-refractivity contribution in [3.63, 3.8) is 0 Å². The molecule has 0 bridgehead atoms. The molecule has 3 aromatic heterocycles. The number of rotatable bonds is 14. The number of carbonyl (C=O) groups is 4. The number of benzene rings is 2. The third-order valence-corrected chi connectivity index (χ3v) is 13.5. The summed E-state index contributed by atoms with van der Waals surface area (Å²) in [7, 11) is 0. The molecule has 3 N–H and O–H groups in total. The lowest BCUT2D eigenvalue weighted by Crippen LogP contribution is -2.55. The number of hydrogen-bond donors (Lipinski definition) is 3. The van der Waals surface area contributed by atoms with Crippen molar-refractivity contribution in [2.75, 3.05) is 122 Å². The molecule has 4 aliphatic rings. The highest BCUT2D eigenvalue weighted by Gasteiger charge is 2.31. The number of halogens is 1. The van der Waals surface area contributed by atoms with E-state index in [0.29, 0.717) is 119 Å². The monoisotopic (exact) mass is 943 g/mol. The number of ether oxygens (including phenoxy) is 1. The van der Waals surface area contributed by atoms with Crippen molar-refractivity contribution in [1.82, 2.24) is 55.0 Å². The summed E-state index contributed by atoms with van der Waals surface area (Å²) in [6.07, 6.45) is 6.82. The average molecular weight is 944 g/mol. The van der Waals surface area contributed by atoms with Crippen LogP contribution >= 0.6 is 0 Å². The maximum absolute atomic E-state index is 15.1. The number of nitrogens with zero attached hydrogens (tertiary/aromatic N) is 10. The number of piperidine rings is 1. The van der Waals surface area contributed by atoms with Crippen LogP contribution in [0.3, 0.4) is 0 Å². The lowest BCUT2D eigenvalue weighted by atomic mass is 9.95. The summed E-state index contributed by atoms with van der Waals surface area (Å²) in [4.78, 5) is 91.1. The number of nitrogens with one attached hydrogen (secondary N) is 3. The van der Waals surface area contributed by atoms with E-state index in [1.165, 1.54) is 12.4 Å². The predicted molar refractivity (Wildman–Crippen MR) is 255 cm³/mol. The van der Waals surface area contributed by atoms with E-state index in [4.69, 9.17) is 4.74 Å². The molecule has 0 atom stereocenters. The Morgan fingerprint density at radius 3 is 2.26 bits per heavy atom. The highest BCUT2D eigenvalue weighted by atomic mass is 19.1. The van der Waals surface area contributed by atoms with Crippen LogP contribution in [0.1, 0.15) is 50.6 Å². The Bertz CT molecular complexity index is 2680. The lowest BCUT2D eigenvalue weighted by molar-refractivity contribution is -0.134. The first-order chi connectivity index (χ1) is 33.6. The van der Waals surface area contributed by atoms with Gasteiger partial charge in [-0.3, -0.25) is 28.9 Å². The molecule has 0 aliphatic carbocycles. The molecule has 4 aliphatic heterocycles. The van der Waals surface area contributed by atoms with Gasteiger partial charge in [-0.2, -0.15) is 5.10 Å². The number of hydrogen-bond acceptors (Lipinski definition) is 14. The molecule has 69 heavy (non-hydrogen) atoms. The van der Waals surface area contributed by atoms with Crippen molar-refractivity contribution in [2.24, 2.45) is 5.92 Å². The smallest absolute Gasteiger partial charge is 0.274 e. The van der Waals surface area contributed by atoms with E-state index in [9.17, 15) is 24.0 Å². The molecule has 20 heteroatoms. The van der Waals surface area contributed by atoms with Crippen LogP contribution in [0.15, 0.2) is 78.1 Å². The van der Waals surface area contributed by atoms with Crippen LogP contribution < -0.4 is 21.1 Å². The fraction of sp³-hybridized carbons (Fsp3) is 0.449. The van der Waals surface area contributed by atoms with Gasteiger partial charge in [0, 0.05) is 110 Å². The maximum Gasteiger partial charge on any atom is 0.274 e. The van der Waals surface area contributed by atoms with E-state index >= 15 is 4.39 Å². The van der Waals surface area contributed by atoms with Crippen LogP contribution in [0.25, 0.3) is 10.8 Å². The number of aromatic nitrogens is 5. The zero-order chi connectivity index (χ0) is 47.7. The maximum atomic E-state index is 15.1. The molecule has 0 saturated carbocycles. The summed E-state index contributed by atoms with van der Waals surface area (Å²) < 4.78 is 20.6. The number of carbonyl (C=O) groups excluding carboxylic acids is 4. The fourth-order valence-electron chi connectivity index (χ4n) is 9.57. The van der Waals surface area contributed by atoms with E-state index in [0.717, 1.165) is 56.9 Å². The summed E-state index contributed by atoms with van der Waals surface area (Å²) in [6.45, 7) is 9.93. The number of amides is 4. The molecular formula is C49H58FN13O6. The predicted octanol–water partition coefficient (Wildman–Crippen LogP) is 1.86. The first-order valence-electron chi connectivity index (χ1n) is 23.8. The van der Waals surface area contributed by atoms with Gasteiger partial charge in [0.1, 0.15) is 12.1 Å². The van der Waals surface area contributed by atoms with Gasteiger partial charge < -0.3 is 39.9 Å². The number of anilines is 2. The number of pyridine rings is 1. The summed E-state index contributed by atoms with van der Waals surface area (Å²) >= 11 is 0. The molecule has 2 aromatic carbocycles. The van der Waals surface area contributed by atoms with E-state index in [1.807, 2.05) is 23.1 Å². The molecule has 0 radical (unpaired) electrons. The minimum Gasteiger partial charge on any atom is -0.378 e. The second-order valence-electron chi connectivity index (χ2n) is 18.1. The molecule has 9 rings (SSSR count). The van der Waals surface area contributed by atoms with Crippen molar-refractivity contribution in [3.8, 4) is 0 Å². The number of piperazine rings is 2. The molecule has 5 aromatic rings. The second kappa shape index (κ2) is 22.1. The number of aromatic amines is 1. The van der Waals surface area contributed by atoms with Crippen molar-refractivity contribution < 1.29 is 28.3 Å². The van der Waals surface area contributed by atoms with Crippen molar-refractivity contribution in [3.05, 3.63) is 118 Å². The Balaban J connectivity index is 0.708. The first-order valence-corrected chi connectivity index (χ1v) is 23.8. The molecule has 0 unspecified atom stereocenters.